The van der Waals surface area contributed by atoms with Crippen LogP contribution in [0, 0.1) is 18.8 Å². The summed E-state index contributed by atoms with van der Waals surface area (Å²) in [6.07, 6.45) is 2.06. The highest BCUT2D eigenvalue weighted by atomic mass is 32.2. The quantitative estimate of drug-likeness (QED) is 0.704. The van der Waals surface area contributed by atoms with Crippen LogP contribution in [0.25, 0.3) is 0 Å². The normalized spacial score (nSPS) is 16.8. The largest absolute Gasteiger partial charge is 0.481 e. The summed E-state index contributed by atoms with van der Waals surface area (Å²) in [7, 11) is -3.68. The SMILES string of the molecule is Cc1oc(C(=O)NC[C@H](CC(C)C)C(=O)O)cc1S(=O)(=O)N1CCCC1. The van der Waals surface area contributed by atoms with Crippen LogP contribution in [0.2, 0.25) is 0 Å². The third-order valence-corrected chi connectivity index (χ3v) is 6.40. The van der Waals surface area contributed by atoms with Gasteiger partial charge in [-0.15, -0.1) is 0 Å². The molecule has 1 aliphatic heterocycles. The second-order valence-electron chi connectivity index (χ2n) is 7.02. The summed E-state index contributed by atoms with van der Waals surface area (Å²) in [5.74, 6) is -2.11. The van der Waals surface area contributed by atoms with E-state index in [-0.39, 0.29) is 28.9 Å². The van der Waals surface area contributed by atoms with Gasteiger partial charge in [-0.1, -0.05) is 13.8 Å². The van der Waals surface area contributed by atoms with E-state index in [9.17, 15) is 23.1 Å². The fourth-order valence-corrected chi connectivity index (χ4v) is 4.72. The second kappa shape index (κ2) is 8.22. The molecular formula is C17H26N2O6S. The average Bonchev–Trinajstić information content (AvgIpc) is 3.20. The first kappa shape index (κ1) is 20.4. The van der Waals surface area contributed by atoms with Crippen LogP contribution in [0.4, 0.5) is 0 Å². The van der Waals surface area contributed by atoms with E-state index in [0.29, 0.717) is 19.5 Å². The molecule has 1 fully saturated rings. The predicted molar refractivity (Wildman–Crippen MR) is 94.4 cm³/mol. The van der Waals surface area contributed by atoms with E-state index < -0.39 is 27.8 Å². The van der Waals surface area contributed by atoms with Gasteiger partial charge in [0.15, 0.2) is 5.76 Å². The smallest absolute Gasteiger partial charge is 0.308 e. The molecule has 26 heavy (non-hydrogen) atoms. The number of carboxylic acid groups (broad SMARTS) is 1. The lowest BCUT2D eigenvalue weighted by atomic mass is 9.97. The van der Waals surface area contributed by atoms with E-state index in [1.807, 2.05) is 13.8 Å². The molecule has 1 amide bonds. The zero-order chi connectivity index (χ0) is 19.5. The minimum Gasteiger partial charge on any atom is -0.481 e. The molecule has 1 aromatic heterocycles. The third kappa shape index (κ3) is 4.64. The molecule has 0 aromatic carbocycles. The number of hydrogen-bond donors (Lipinski definition) is 2. The zero-order valence-corrected chi connectivity index (χ0v) is 16.1. The maximum absolute atomic E-state index is 12.6. The van der Waals surface area contributed by atoms with Gasteiger partial charge in [0.25, 0.3) is 5.91 Å². The van der Waals surface area contributed by atoms with Crippen molar-refractivity contribution in [2.75, 3.05) is 19.6 Å². The molecule has 1 aliphatic rings. The lowest BCUT2D eigenvalue weighted by Crippen LogP contribution is -2.33. The predicted octanol–water partition coefficient (Wildman–Crippen LogP) is 1.85. The molecule has 0 saturated carbocycles. The number of amides is 1. The first-order chi connectivity index (χ1) is 12.1. The number of aliphatic carboxylic acids is 1. The molecular weight excluding hydrogens is 360 g/mol. The summed E-state index contributed by atoms with van der Waals surface area (Å²) in [5.41, 5.74) is 0. The number of sulfonamides is 1. The number of carbonyl (C=O) groups is 2. The van der Waals surface area contributed by atoms with Crippen LogP contribution >= 0.6 is 0 Å². The van der Waals surface area contributed by atoms with Gasteiger partial charge >= 0.3 is 5.97 Å². The molecule has 146 valence electrons. The molecule has 8 nitrogen and oxygen atoms in total. The third-order valence-electron chi connectivity index (χ3n) is 4.39. The number of nitrogens with zero attached hydrogens (tertiary/aromatic N) is 1. The van der Waals surface area contributed by atoms with E-state index in [2.05, 4.69) is 5.32 Å². The summed E-state index contributed by atoms with van der Waals surface area (Å²) >= 11 is 0. The topological polar surface area (TPSA) is 117 Å². The average molecular weight is 386 g/mol. The number of carbonyl (C=O) groups excluding carboxylic acids is 1. The number of hydrogen-bond acceptors (Lipinski definition) is 5. The zero-order valence-electron chi connectivity index (χ0n) is 15.3. The van der Waals surface area contributed by atoms with Gasteiger partial charge < -0.3 is 14.8 Å². The highest BCUT2D eigenvalue weighted by Gasteiger charge is 2.32. The first-order valence-corrected chi connectivity index (χ1v) is 10.2. The molecule has 1 atom stereocenters. The van der Waals surface area contributed by atoms with Gasteiger partial charge in [-0.2, -0.15) is 4.31 Å². The summed E-state index contributed by atoms with van der Waals surface area (Å²) < 4.78 is 32.0. The summed E-state index contributed by atoms with van der Waals surface area (Å²) in [5, 5.41) is 11.7. The number of rotatable bonds is 8. The maximum atomic E-state index is 12.6. The van der Waals surface area contributed by atoms with Crippen LogP contribution < -0.4 is 5.32 Å². The van der Waals surface area contributed by atoms with E-state index in [1.54, 1.807) is 0 Å². The van der Waals surface area contributed by atoms with Crippen LogP contribution in [0.3, 0.4) is 0 Å². The molecule has 2 N–H and O–H groups in total. The van der Waals surface area contributed by atoms with Crippen molar-refractivity contribution < 1.29 is 27.5 Å². The molecule has 1 saturated heterocycles. The van der Waals surface area contributed by atoms with Gasteiger partial charge in [0.05, 0.1) is 5.92 Å². The molecule has 2 heterocycles. The van der Waals surface area contributed by atoms with Crippen LogP contribution in [-0.4, -0.2) is 49.3 Å². The Morgan fingerprint density at radius 2 is 1.92 bits per heavy atom. The highest BCUT2D eigenvalue weighted by molar-refractivity contribution is 7.89. The van der Waals surface area contributed by atoms with Crippen LogP contribution in [0.1, 0.15) is 49.4 Å². The van der Waals surface area contributed by atoms with E-state index >= 15 is 0 Å². The monoisotopic (exact) mass is 386 g/mol. The lowest BCUT2D eigenvalue weighted by Gasteiger charge is -2.14. The maximum Gasteiger partial charge on any atom is 0.308 e. The fourth-order valence-electron chi connectivity index (χ4n) is 3.04. The Kier molecular flexibility index (Phi) is 6.46. The van der Waals surface area contributed by atoms with Gasteiger partial charge in [0.2, 0.25) is 10.0 Å². The Hall–Kier alpha value is -1.87. The minimum atomic E-state index is -3.68. The van der Waals surface area contributed by atoms with E-state index in [0.717, 1.165) is 12.8 Å². The number of nitrogens with one attached hydrogen (secondary N) is 1. The molecule has 0 spiro atoms. The lowest BCUT2D eigenvalue weighted by molar-refractivity contribution is -0.142. The van der Waals surface area contributed by atoms with Gasteiger partial charge in [-0.25, -0.2) is 8.42 Å². The Morgan fingerprint density at radius 1 is 1.31 bits per heavy atom. The van der Waals surface area contributed by atoms with Gasteiger partial charge in [-0.3, -0.25) is 9.59 Å². The van der Waals surface area contributed by atoms with Crippen molar-refractivity contribution in [3.8, 4) is 0 Å². The van der Waals surface area contributed by atoms with Crippen molar-refractivity contribution >= 4 is 21.9 Å². The first-order valence-electron chi connectivity index (χ1n) is 8.74. The van der Waals surface area contributed by atoms with Crippen molar-refractivity contribution in [3.05, 3.63) is 17.6 Å². The Bertz CT molecular complexity index is 762. The fraction of sp³-hybridized carbons (Fsp3) is 0.647. The number of carboxylic acids is 1. The van der Waals surface area contributed by atoms with Crippen LogP contribution in [0.5, 0.6) is 0 Å². The Morgan fingerprint density at radius 3 is 2.46 bits per heavy atom. The standard InChI is InChI=1S/C17H26N2O6S/c1-11(2)8-13(17(21)22)10-18-16(20)14-9-15(12(3)25-14)26(23,24)19-6-4-5-7-19/h9,11,13H,4-8,10H2,1-3H3,(H,18,20)(H,21,22)/t13-/m0/s1. The Labute approximate surface area is 153 Å². The molecule has 0 unspecified atom stereocenters. The van der Waals surface area contributed by atoms with E-state index in [4.69, 9.17) is 4.42 Å². The summed E-state index contributed by atoms with van der Waals surface area (Å²) in [6.45, 7) is 6.19. The van der Waals surface area contributed by atoms with Crippen molar-refractivity contribution in [2.24, 2.45) is 11.8 Å². The van der Waals surface area contributed by atoms with Crippen LogP contribution in [-0.2, 0) is 14.8 Å². The van der Waals surface area contributed by atoms with Crippen molar-refractivity contribution in [2.45, 2.75) is 44.9 Å². The number of aryl methyl sites for hydroxylation is 1. The van der Waals surface area contributed by atoms with Crippen molar-refractivity contribution in [1.29, 1.82) is 0 Å². The van der Waals surface area contributed by atoms with Crippen molar-refractivity contribution in [3.63, 3.8) is 0 Å². The minimum absolute atomic E-state index is 0.0125. The second-order valence-corrected chi connectivity index (χ2v) is 8.92. The highest BCUT2D eigenvalue weighted by Crippen LogP contribution is 2.26. The Balaban J connectivity index is 2.10. The molecule has 1 aromatic rings. The van der Waals surface area contributed by atoms with Crippen LogP contribution in [0.15, 0.2) is 15.4 Å². The molecule has 0 aliphatic carbocycles. The van der Waals surface area contributed by atoms with Gasteiger partial charge in [0.1, 0.15) is 10.7 Å². The van der Waals surface area contributed by atoms with Crippen molar-refractivity contribution in [1.82, 2.24) is 9.62 Å². The van der Waals surface area contributed by atoms with Gasteiger partial charge in [-0.05, 0) is 32.1 Å². The van der Waals surface area contributed by atoms with Gasteiger partial charge in [0, 0.05) is 25.7 Å². The van der Waals surface area contributed by atoms with E-state index in [1.165, 1.54) is 17.3 Å². The molecule has 0 bridgehead atoms. The number of furan rings is 1. The molecule has 9 heteroatoms. The summed E-state index contributed by atoms with van der Waals surface area (Å²) in [6, 6.07) is 1.22. The summed E-state index contributed by atoms with van der Waals surface area (Å²) in [4.78, 5) is 23.5. The molecule has 0 radical (unpaired) electrons. The molecule has 2 rings (SSSR count).